The number of esters is 1. The monoisotopic (exact) mass is 416 g/mol. The highest BCUT2D eigenvalue weighted by molar-refractivity contribution is 6.04. The number of ether oxygens (including phenoxy) is 1. The number of Topliss-reactive ketones (excluding diaryl/α,β-unsaturated/α-hetero) is 1. The molecule has 1 aromatic carbocycles. The maximum atomic E-state index is 13.5. The van der Waals surface area contributed by atoms with Gasteiger partial charge in [0.2, 0.25) is 0 Å². The topological polar surface area (TPSA) is 68.3 Å². The smallest absolute Gasteiger partial charge is 0.337 e. The van der Waals surface area contributed by atoms with Crippen molar-refractivity contribution in [1.29, 1.82) is 0 Å². The normalized spacial score (nSPS) is 22.0. The van der Waals surface area contributed by atoms with E-state index in [4.69, 9.17) is 4.74 Å². The summed E-state index contributed by atoms with van der Waals surface area (Å²) in [6, 6.07) is 13.9. The molecule has 1 N–H and O–H groups in total. The number of carbonyl (C=O) groups is 2. The van der Waals surface area contributed by atoms with Crippen molar-refractivity contribution < 1.29 is 14.3 Å². The van der Waals surface area contributed by atoms with E-state index in [1.807, 2.05) is 51.1 Å². The number of nitrogens with zero attached hydrogens (tertiary/aromatic N) is 1. The number of allylic oxidation sites excluding steroid dienone is 3. The largest absolute Gasteiger partial charge is 0.459 e. The van der Waals surface area contributed by atoms with E-state index in [9.17, 15) is 9.59 Å². The summed E-state index contributed by atoms with van der Waals surface area (Å²) in [6.07, 6.45) is 5.11. The number of dihydropyridines is 1. The minimum absolute atomic E-state index is 0.0748. The summed E-state index contributed by atoms with van der Waals surface area (Å²) in [4.78, 5) is 30.7. The maximum absolute atomic E-state index is 13.5. The van der Waals surface area contributed by atoms with Crippen LogP contribution in [0.1, 0.15) is 63.0 Å². The van der Waals surface area contributed by atoms with Gasteiger partial charge in [-0.15, -0.1) is 0 Å². The summed E-state index contributed by atoms with van der Waals surface area (Å²) in [7, 11) is 0. The van der Waals surface area contributed by atoms with E-state index in [0.29, 0.717) is 17.6 Å². The van der Waals surface area contributed by atoms with Crippen LogP contribution < -0.4 is 5.32 Å². The molecule has 0 saturated heterocycles. The highest BCUT2D eigenvalue weighted by atomic mass is 16.5. The molecule has 0 amide bonds. The van der Waals surface area contributed by atoms with E-state index in [0.717, 1.165) is 35.4 Å². The summed E-state index contributed by atoms with van der Waals surface area (Å²) in [5.74, 6) is -0.615. The molecule has 0 bridgehead atoms. The standard InChI is InChI=1S/C26H28N2O3/c1-4-16(2)31-26(30)23-17(3)28-21-14-20(18-8-6-5-7-9-18)15-22(29)25(21)24(23)19-10-12-27-13-11-19/h5-13,16,20,24,28H,4,14-15H2,1-3H3/t16-,20+,24+/m0/s1. The molecule has 3 atom stereocenters. The molecule has 4 rings (SSSR count). The zero-order valence-corrected chi connectivity index (χ0v) is 18.2. The summed E-state index contributed by atoms with van der Waals surface area (Å²) in [5, 5.41) is 3.39. The summed E-state index contributed by atoms with van der Waals surface area (Å²) < 4.78 is 5.68. The number of rotatable bonds is 5. The number of hydrogen-bond donors (Lipinski definition) is 1. The second-order valence-corrected chi connectivity index (χ2v) is 8.33. The Bertz CT molecular complexity index is 1040. The zero-order chi connectivity index (χ0) is 22.0. The number of benzene rings is 1. The Morgan fingerprint density at radius 3 is 2.52 bits per heavy atom. The first-order valence-electron chi connectivity index (χ1n) is 10.9. The zero-order valence-electron chi connectivity index (χ0n) is 18.2. The van der Waals surface area contributed by atoms with Gasteiger partial charge in [-0.1, -0.05) is 37.3 Å². The Morgan fingerprint density at radius 1 is 1.13 bits per heavy atom. The van der Waals surface area contributed by atoms with Gasteiger partial charge >= 0.3 is 5.97 Å². The molecule has 0 spiro atoms. The van der Waals surface area contributed by atoms with Gasteiger partial charge in [-0.25, -0.2) is 4.79 Å². The van der Waals surface area contributed by atoms with Gasteiger partial charge in [0.1, 0.15) is 0 Å². The van der Waals surface area contributed by atoms with Gasteiger partial charge in [-0.3, -0.25) is 9.78 Å². The van der Waals surface area contributed by atoms with Crippen LogP contribution in [0.15, 0.2) is 77.4 Å². The molecule has 5 nitrogen and oxygen atoms in total. The van der Waals surface area contributed by atoms with Gasteiger partial charge in [0.05, 0.1) is 11.7 Å². The third-order valence-electron chi connectivity index (χ3n) is 6.24. The van der Waals surface area contributed by atoms with Crippen molar-refractivity contribution in [3.8, 4) is 0 Å². The van der Waals surface area contributed by atoms with Crippen LogP contribution in [-0.2, 0) is 14.3 Å². The molecule has 2 heterocycles. The molecule has 0 radical (unpaired) electrons. The van der Waals surface area contributed by atoms with Crippen LogP contribution in [0, 0.1) is 0 Å². The Labute approximate surface area is 183 Å². The molecule has 1 aliphatic carbocycles. The van der Waals surface area contributed by atoms with Crippen molar-refractivity contribution in [1.82, 2.24) is 10.3 Å². The first-order valence-corrected chi connectivity index (χ1v) is 10.9. The molecule has 0 unspecified atom stereocenters. The third-order valence-corrected chi connectivity index (χ3v) is 6.24. The van der Waals surface area contributed by atoms with Gasteiger partial charge in [0.25, 0.3) is 0 Å². The van der Waals surface area contributed by atoms with Gasteiger partial charge < -0.3 is 10.1 Å². The Kier molecular flexibility index (Phi) is 6.03. The lowest BCUT2D eigenvalue weighted by atomic mass is 9.72. The van der Waals surface area contributed by atoms with Gasteiger partial charge in [0, 0.05) is 41.7 Å². The molecular formula is C26H28N2O3. The van der Waals surface area contributed by atoms with E-state index < -0.39 is 5.92 Å². The molecular weight excluding hydrogens is 388 g/mol. The van der Waals surface area contributed by atoms with E-state index in [-0.39, 0.29) is 23.8 Å². The Hall–Kier alpha value is -3.21. The molecule has 0 saturated carbocycles. The average molecular weight is 417 g/mol. The van der Waals surface area contributed by atoms with Crippen molar-refractivity contribution in [2.75, 3.05) is 0 Å². The highest BCUT2D eigenvalue weighted by Crippen LogP contribution is 2.45. The fourth-order valence-corrected chi connectivity index (χ4v) is 4.49. The summed E-state index contributed by atoms with van der Waals surface area (Å²) >= 11 is 0. The molecule has 1 aromatic heterocycles. The number of pyridine rings is 1. The molecule has 2 aliphatic rings. The first kappa shape index (κ1) is 21.0. The maximum Gasteiger partial charge on any atom is 0.337 e. The fourth-order valence-electron chi connectivity index (χ4n) is 4.49. The van der Waals surface area contributed by atoms with Crippen molar-refractivity contribution in [2.45, 2.75) is 58.0 Å². The Morgan fingerprint density at radius 2 is 1.84 bits per heavy atom. The van der Waals surface area contributed by atoms with E-state index >= 15 is 0 Å². The Balaban J connectivity index is 1.76. The summed E-state index contributed by atoms with van der Waals surface area (Å²) in [5.41, 5.74) is 4.89. The molecule has 1 aliphatic heterocycles. The minimum atomic E-state index is -0.444. The van der Waals surface area contributed by atoms with Gasteiger partial charge in [-0.05, 0) is 55.9 Å². The second kappa shape index (κ2) is 8.88. The number of nitrogens with one attached hydrogen (secondary N) is 1. The van der Waals surface area contributed by atoms with Crippen LogP contribution in [0.3, 0.4) is 0 Å². The quantitative estimate of drug-likeness (QED) is 0.710. The number of ketones is 1. The first-order chi connectivity index (χ1) is 15.0. The van der Waals surface area contributed by atoms with Gasteiger partial charge in [0.15, 0.2) is 5.78 Å². The lowest BCUT2D eigenvalue weighted by Crippen LogP contribution is -2.36. The lowest BCUT2D eigenvalue weighted by molar-refractivity contribution is -0.144. The second-order valence-electron chi connectivity index (χ2n) is 8.33. The fraction of sp³-hybridized carbons (Fsp3) is 0.346. The minimum Gasteiger partial charge on any atom is -0.459 e. The van der Waals surface area contributed by atoms with Crippen LogP contribution in [0.4, 0.5) is 0 Å². The molecule has 2 aromatic rings. The van der Waals surface area contributed by atoms with Crippen molar-refractivity contribution >= 4 is 11.8 Å². The van der Waals surface area contributed by atoms with E-state index in [2.05, 4.69) is 22.4 Å². The van der Waals surface area contributed by atoms with Crippen LogP contribution in [0.5, 0.6) is 0 Å². The van der Waals surface area contributed by atoms with Crippen molar-refractivity contribution in [2.24, 2.45) is 0 Å². The number of aromatic nitrogens is 1. The molecule has 0 fully saturated rings. The van der Waals surface area contributed by atoms with E-state index in [1.165, 1.54) is 0 Å². The number of carbonyl (C=O) groups excluding carboxylic acids is 2. The summed E-state index contributed by atoms with van der Waals surface area (Å²) in [6.45, 7) is 5.75. The van der Waals surface area contributed by atoms with Crippen LogP contribution in [-0.4, -0.2) is 22.8 Å². The van der Waals surface area contributed by atoms with Gasteiger partial charge in [-0.2, -0.15) is 0 Å². The van der Waals surface area contributed by atoms with Crippen LogP contribution >= 0.6 is 0 Å². The average Bonchev–Trinajstić information content (AvgIpc) is 2.79. The highest BCUT2D eigenvalue weighted by Gasteiger charge is 2.41. The van der Waals surface area contributed by atoms with Crippen LogP contribution in [0.25, 0.3) is 0 Å². The molecule has 31 heavy (non-hydrogen) atoms. The SMILES string of the molecule is CC[C@H](C)OC(=O)C1=C(C)NC2=C(C(=O)C[C@H](c3ccccc3)C2)[C@@H]1c1ccncc1. The lowest BCUT2D eigenvalue weighted by Gasteiger charge is -2.37. The molecule has 160 valence electrons. The third kappa shape index (κ3) is 4.18. The predicted molar refractivity (Wildman–Crippen MR) is 119 cm³/mol. The van der Waals surface area contributed by atoms with E-state index in [1.54, 1.807) is 12.4 Å². The number of hydrogen-bond acceptors (Lipinski definition) is 5. The van der Waals surface area contributed by atoms with Crippen LogP contribution in [0.2, 0.25) is 0 Å². The van der Waals surface area contributed by atoms with Crippen molar-refractivity contribution in [3.05, 3.63) is 88.5 Å². The van der Waals surface area contributed by atoms with Crippen molar-refractivity contribution in [3.63, 3.8) is 0 Å². The molecule has 5 heteroatoms. The predicted octanol–water partition coefficient (Wildman–Crippen LogP) is 4.78.